The second kappa shape index (κ2) is 9.82. The molecule has 162 valence electrons. The van der Waals surface area contributed by atoms with Crippen LogP contribution in [0.15, 0.2) is 77.7 Å². The third kappa shape index (κ3) is 5.97. The molecule has 3 aromatic rings. The number of carbonyl (C=O) groups excluding carboxylic acids is 1. The first kappa shape index (κ1) is 22.6. The summed E-state index contributed by atoms with van der Waals surface area (Å²) in [5.41, 5.74) is 0.296. The lowest BCUT2D eigenvalue weighted by Gasteiger charge is -2.14. The summed E-state index contributed by atoms with van der Waals surface area (Å²) < 4.78 is 36.9. The molecule has 0 aliphatic rings. The number of rotatable bonds is 8. The zero-order valence-electron chi connectivity index (χ0n) is 16.9. The largest absolute Gasteiger partial charge is 0.484 e. The van der Waals surface area contributed by atoms with Crippen LogP contribution in [0.25, 0.3) is 0 Å². The maximum atomic E-state index is 12.3. The Morgan fingerprint density at radius 3 is 2.19 bits per heavy atom. The zero-order chi connectivity index (χ0) is 22.4. The molecule has 0 heterocycles. The lowest BCUT2D eigenvalue weighted by Crippen LogP contribution is -2.23. The molecule has 1 N–H and O–H groups in total. The standard InChI is InChI=1S/C22H21ClN2O5S/c1-25(2)31(27,28)21-14-16(8-13-20(21)23)24-22(26)15-29-17-9-11-19(12-10-17)30-18-6-4-3-5-7-18/h3-14H,15H2,1-2H3,(H,24,26). The zero-order valence-corrected chi connectivity index (χ0v) is 18.5. The number of anilines is 1. The fourth-order valence-corrected chi connectivity index (χ4v) is 3.94. The average molecular weight is 461 g/mol. The van der Waals surface area contributed by atoms with Crippen molar-refractivity contribution in [1.82, 2.24) is 4.31 Å². The lowest BCUT2D eigenvalue weighted by molar-refractivity contribution is -0.118. The van der Waals surface area contributed by atoms with Crippen molar-refractivity contribution in [3.8, 4) is 17.2 Å². The predicted octanol–water partition coefficient (Wildman–Crippen LogP) is 4.40. The number of ether oxygens (including phenoxy) is 2. The monoisotopic (exact) mass is 460 g/mol. The Hall–Kier alpha value is -3.07. The molecule has 3 aromatic carbocycles. The molecule has 31 heavy (non-hydrogen) atoms. The van der Waals surface area contributed by atoms with Crippen LogP contribution >= 0.6 is 11.6 Å². The highest BCUT2D eigenvalue weighted by Crippen LogP contribution is 2.27. The first-order valence-electron chi connectivity index (χ1n) is 9.23. The highest BCUT2D eigenvalue weighted by molar-refractivity contribution is 7.89. The lowest BCUT2D eigenvalue weighted by atomic mass is 10.3. The van der Waals surface area contributed by atoms with Gasteiger partial charge in [0.15, 0.2) is 6.61 Å². The van der Waals surface area contributed by atoms with Crippen LogP contribution in [0.2, 0.25) is 5.02 Å². The molecule has 0 spiro atoms. The number of hydrogen-bond acceptors (Lipinski definition) is 5. The molecule has 0 bridgehead atoms. The van der Waals surface area contributed by atoms with Gasteiger partial charge in [-0.3, -0.25) is 4.79 Å². The Labute approximate surface area is 186 Å². The minimum absolute atomic E-state index is 0.0701. The van der Waals surface area contributed by atoms with E-state index in [2.05, 4.69) is 5.32 Å². The summed E-state index contributed by atoms with van der Waals surface area (Å²) in [5, 5.41) is 2.67. The van der Waals surface area contributed by atoms with E-state index in [-0.39, 0.29) is 16.5 Å². The summed E-state index contributed by atoms with van der Waals surface area (Å²) in [5.74, 6) is 1.40. The molecule has 0 saturated heterocycles. The van der Waals surface area contributed by atoms with Gasteiger partial charge in [-0.2, -0.15) is 0 Å². The molecule has 7 nitrogen and oxygen atoms in total. The van der Waals surface area contributed by atoms with Gasteiger partial charge in [0.2, 0.25) is 10.0 Å². The topological polar surface area (TPSA) is 84.9 Å². The van der Waals surface area contributed by atoms with Crippen molar-refractivity contribution >= 4 is 33.2 Å². The molecule has 0 aliphatic heterocycles. The van der Waals surface area contributed by atoms with Gasteiger partial charge in [-0.15, -0.1) is 0 Å². The molecule has 0 fully saturated rings. The Balaban J connectivity index is 1.58. The molecule has 0 aliphatic carbocycles. The van der Waals surface area contributed by atoms with E-state index in [4.69, 9.17) is 21.1 Å². The van der Waals surface area contributed by atoms with Crippen molar-refractivity contribution in [2.45, 2.75) is 4.90 Å². The Bertz CT molecular complexity index is 1150. The number of halogens is 1. The molecule has 9 heteroatoms. The van der Waals surface area contributed by atoms with E-state index >= 15 is 0 Å². The summed E-state index contributed by atoms with van der Waals surface area (Å²) in [6, 6.07) is 20.5. The summed E-state index contributed by atoms with van der Waals surface area (Å²) in [6.07, 6.45) is 0. The SMILES string of the molecule is CN(C)S(=O)(=O)c1cc(NC(=O)COc2ccc(Oc3ccccc3)cc2)ccc1Cl. The summed E-state index contributed by atoms with van der Waals surface area (Å²) in [6.45, 7) is -0.253. The van der Waals surface area contributed by atoms with Gasteiger partial charge in [0.25, 0.3) is 5.91 Å². The summed E-state index contributed by atoms with van der Waals surface area (Å²) in [7, 11) is -0.934. The highest BCUT2D eigenvalue weighted by atomic mass is 35.5. The molecule has 0 aromatic heterocycles. The van der Waals surface area contributed by atoms with Crippen molar-refractivity contribution in [1.29, 1.82) is 0 Å². The van der Waals surface area contributed by atoms with Gasteiger partial charge in [0.05, 0.1) is 5.02 Å². The van der Waals surface area contributed by atoms with Crippen LogP contribution in [-0.2, 0) is 14.8 Å². The minimum Gasteiger partial charge on any atom is -0.484 e. The molecule has 0 atom stereocenters. The minimum atomic E-state index is -3.74. The molecule has 0 unspecified atom stereocenters. The first-order valence-corrected chi connectivity index (χ1v) is 11.1. The predicted molar refractivity (Wildman–Crippen MR) is 119 cm³/mol. The molecule has 0 saturated carbocycles. The fourth-order valence-electron chi connectivity index (χ4n) is 2.55. The first-order chi connectivity index (χ1) is 14.8. The van der Waals surface area contributed by atoms with E-state index in [9.17, 15) is 13.2 Å². The number of amides is 1. The Morgan fingerprint density at radius 2 is 1.55 bits per heavy atom. The Morgan fingerprint density at radius 1 is 0.935 bits per heavy atom. The maximum absolute atomic E-state index is 12.3. The van der Waals surface area contributed by atoms with Crippen molar-refractivity contribution < 1.29 is 22.7 Å². The van der Waals surface area contributed by atoms with Crippen molar-refractivity contribution in [3.05, 3.63) is 77.8 Å². The molecule has 3 rings (SSSR count). The van der Waals surface area contributed by atoms with Gasteiger partial charge >= 0.3 is 0 Å². The van der Waals surface area contributed by atoms with Crippen molar-refractivity contribution in [3.63, 3.8) is 0 Å². The number of benzene rings is 3. The van der Waals surface area contributed by atoms with Crippen molar-refractivity contribution in [2.75, 3.05) is 26.0 Å². The van der Waals surface area contributed by atoms with Crippen LogP contribution in [0.4, 0.5) is 5.69 Å². The van der Waals surface area contributed by atoms with E-state index < -0.39 is 15.9 Å². The van der Waals surface area contributed by atoms with Gasteiger partial charge in [-0.25, -0.2) is 12.7 Å². The van der Waals surface area contributed by atoms with Crippen LogP contribution in [0.1, 0.15) is 0 Å². The van der Waals surface area contributed by atoms with Gasteiger partial charge < -0.3 is 14.8 Å². The number of nitrogens with zero attached hydrogens (tertiary/aromatic N) is 1. The Kier molecular flexibility index (Phi) is 7.17. The smallest absolute Gasteiger partial charge is 0.262 e. The quantitative estimate of drug-likeness (QED) is 0.538. The number of sulfonamides is 1. The van der Waals surface area contributed by atoms with Gasteiger partial charge in [0, 0.05) is 19.8 Å². The molecule has 0 radical (unpaired) electrons. The van der Waals surface area contributed by atoms with Crippen LogP contribution in [0.5, 0.6) is 17.2 Å². The number of para-hydroxylation sites is 1. The second-order valence-electron chi connectivity index (χ2n) is 6.66. The van der Waals surface area contributed by atoms with E-state index in [1.807, 2.05) is 30.3 Å². The molecular weight excluding hydrogens is 440 g/mol. The molecular formula is C22H21ClN2O5S. The summed E-state index contributed by atoms with van der Waals surface area (Å²) in [4.78, 5) is 12.1. The highest BCUT2D eigenvalue weighted by Gasteiger charge is 2.21. The van der Waals surface area contributed by atoms with Crippen LogP contribution in [-0.4, -0.2) is 39.3 Å². The van der Waals surface area contributed by atoms with E-state index in [0.29, 0.717) is 22.9 Å². The number of hydrogen-bond donors (Lipinski definition) is 1. The molecule has 1 amide bonds. The van der Waals surface area contributed by atoms with Crippen LogP contribution in [0, 0.1) is 0 Å². The van der Waals surface area contributed by atoms with Gasteiger partial charge in [-0.05, 0) is 54.6 Å². The fraction of sp³-hybridized carbons (Fsp3) is 0.136. The van der Waals surface area contributed by atoms with E-state index in [1.54, 1.807) is 24.3 Å². The maximum Gasteiger partial charge on any atom is 0.262 e. The number of nitrogens with one attached hydrogen (secondary N) is 1. The van der Waals surface area contributed by atoms with E-state index in [0.717, 1.165) is 4.31 Å². The summed E-state index contributed by atoms with van der Waals surface area (Å²) >= 11 is 6.01. The average Bonchev–Trinajstić information content (AvgIpc) is 2.75. The van der Waals surface area contributed by atoms with Gasteiger partial charge in [0.1, 0.15) is 22.1 Å². The normalized spacial score (nSPS) is 11.2. The second-order valence-corrected chi connectivity index (χ2v) is 9.18. The van der Waals surface area contributed by atoms with Crippen molar-refractivity contribution in [2.24, 2.45) is 0 Å². The third-order valence-corrected chi connectivity index (χ3v) is 6.44. The van der Waals surface area contributed by atoms with E-state index in [1.165, 1.54) is 32.3 Å². The van der Waals surface area contributed by atoms with Gasteiger partial charge in [-0.1, -0.05) is 29.8 Å². The number of carbonyl (C=O) groups is 1. The third-order valence-electron chi connectivity index (χ3n) is 4.15. The van der Waals surface area contributed by atoms with Crippen LogP contribution < -0.4 is 14.8 Å². The van der Waals surface area contributed by atoms with Crippen LogP contribution in [0.3, 0.4) is 0 Å².